The first-order chi connectivity index (χ1) is 11.3. The number of hydrogen-bond acceptors (Lipinski definition) is 3. The van der Waals surface area contributed by atoms with Gasteiger partial charge in [0.15, 0.2) is 0 Å². The highest BCUT2D eigenvalue weighted by molar-refractivity contribution is 5.67. The lowest BCUT2D eigenvalue weighted by molar-refractivity contribution is -0.475. The average molecular weight is 314 g/mol. The molecule has 1 saturated heterocycles. The first-order valence-electron chi connectivity index (χ1n) is 9.03. The molecule has 0 bridgehead atoms. The lowest BCUT2D eigenvalue weighted by atomic mass is 9.94. The van der Waals surface area contributed by atoms with Crippen LogP contribution in [-0.4, -0.2) is 18.5 Å². The Bertz CT molecular complexity index is 541. The molecule has 1 spiro atoms. The summed E-state index contributed by atoms with van der Waals surface area (Å²) in [5.41, 5.74) is 3.52. The van der Waals surface area contributed by atoms with Crippen molar-refractivity contribution in [1.29, 1.82) is 0 Å². The Balaban J connectivity index is 1.39. The highest BCUT2D eigenvalue weighted by atomic mass is 17.2. The Morgan fingerprint density at radius 3 is 2.30 bits per heavy atom. The number of benzene rings is 1. The maximum atomic E-state index is 5.98. The maximum Gasteiger partial charge on any atom is 0.201 e. The van der Waals surface area contributed by atoms with Crippen molar-refractivity contribution in [3.63, 3.8) is 0 Å². The molecule has 3 aliphatic rings. The lowest BCUT2D eigenvalue weighted by Gasteiger charge is -2.36. The zero-order valence-corrected chi connectivity index (χ0v) is 13.8. The molecule has 3 fully saturated rings. The molecule has 0 amide bonds. The number of hydrogen-bond donors (Lipinski definition) is 0. The molecule has 0 aromatic heterocycles. The minimum absolute atomic E-state index is 0.210. The molecule has 0 N–H and O–H groups in total. The third kappa shape index (κ3) is 3.10. The van der Waals surface area contributed by atoms with Crippen molar-refractivity contribution in [2.24, 2.45) is 0 Å². The van der Waals surface area contributed by atoms with Gasteiger partial charge in [0.05, 0.1) is 6.61 Å². The second kappa shape index (κ2) is 6.39. The third-order valence-electron chi connectivity index (χ3n) is 5.68. The van der Waals surface area contributed by atoms with Crippen molar-refractivity contribution < 1.29 is 14.5 Å². The predicted octanol–water partition coefficient (Wildman–Crippen LogP) is 4.97. The first kappa shape index (κ1) is 15.4. The molecule has 3 heteroatoms. The number of rotatable bonds is 3. The summed E-state index contributed by atoms with van der Waals surface area (Å²) in [5, 5.41) is 0. The van der Waals surface area contributed by atoms with Crippen LogP contribution in [0.2, 0.25) is 0 Å². The van der Waals surface area contributed by atoms with Gasteiger partial charge >= 0.3 is 0 Å². The Labute approximate surface area is 138 Å². The molecule has 124 valence electrons. The molecule has 1 aliphatic heterocycles. The maximum absolute atomic E-state index is 5.98. The van der Waals surface area contributed by atoms with Crippen LogP contribution >= 0.6 is 0 Å². The highest BCUT2D eigenvalue weighted by Gasteiger charge is 2.42. The summed E-state index contributed by atoms with van der Waals surface area (Å²) in [5.74, 6) is 0.264. The number of ether oxygens (including phenoxy) is 1. The monoisotopic (exact) mass is 314 g/mol. The molecule has 4 rings (SSSR count). The van der Waals surface area contributed by atoms with Crippen LogP contribution in [0.3, 0.4) is 0 Å². The van der Waals surface area contributed by atoms with E-state index < -0.39 is 5.79 Å². The fourth-order valence-electron chi connectivity index (χ4n) is 4.14. The standard InChI is InChI=1S/C20H26O3/c1-15(19-14-21-20(23-22-19)12-4-5-13-20)16-8-10-18(11-9-16)17-6-2-3-7-17/h8-11,17,19H,1-7,12-14H2. The van der Waals surface area contributed by atoms with Crippen LogP contribution < -0.4 is 0 Å². The fourth-order valence-corrected chi connectivity index (χ4v) is 4.14. The van der Waals surface area contributed by atoms with E-state index in [2.05, 4.69) is 30.8 Å². The Morgan fingerprint density at radius 1 is 1.00 bits per heavy atom. The van der Waals surface area contributed by atoms with Gasteiger partial charge in [0.1, 0.15) is 6.10 Å². The van der Waals surface area contributed by atoms with Crippen molar-refractivity contribution in [1.82, 2.24) is 0 Å². The molecule has 0 radical (unpaired) electrons. The van der Waals surface area contributed by atoms with Crippen LogP contribution in [0, 0.1) is 0 Å². The van der Waals surface area contributed by atoms with Gasteiger partial charge in [0, 0.05) is 12.8 Å². The highest BCUT2D eigenvalue weighted by Crippen LogP contribution is 2.39. The Hall–Kier alpha value is -1.16. The van der Waals surface area contributed by atoms with Crippen LogP contribution in [0.25, 0.3) is 5.57 Å². The van der Waals surface area contributed by atoms with Crippen molar-refractivity contribution in [3.05, 3.63) is 42.0 Å². The minimum Gasteiger partial charge on any atom is -0.344 e. The summed E-state index contributed by atoms with van der Waals surface area (Å²) in [6, 6.07) is 8.83. The molecular formula is C20H26O3. The molecule has 2 saturated carbocycles. The van der Waals surface area contributed by atoms with E-state index in [1.165, 1.54) is 31.2 Å². The van der Waals surface area contributed by atoms with Crippen molar-refractivity contribution in [3.8, 4) is 0 Å². The predicted molar refractivity (Wildman–Crippen MR) is 89.8 cm³/mol. The molecule has 23 heavy (non-hydrogen) atoms. The molecular weight excluding hydrogens is 288 g/mol. The quantitative estimate of drug-likeness (QED) is 0.737. The van der Waals surface area contributed by atoms with Gasteiger partial charge in [-0.05, 0) is 48.3 Å². The molecule has 1 unspecified atom stereocenters. The van der Waals surface area contributed by atoms with E-state index in [1.807, 2.05) is 0 Å². The van der Waals surface area contributed by atoms with Crippen molar-refractivity contribution in [2.75, 3.05) is 6.61 Å². The summed E-state index contributed by atoms with van der Waals surface area (Å²) < 4.78 is 5.98. The van der Waals surface area contributed by atoms with Gasteiger partial charge in [0.25, 0.3) is 0 Å². The molecule has 1 heterocycles. The molecule has 1 aromatic carbocycles. The fraction of sp³-hybridized carbons (Fsp3) is 0.600. The summed E-state index contributed by atoms with van der Waals surface area (Å²) in [4.78, 5) is 11.2. The van der Waals surface area contributed by atoms with Gasteiger partial charge < -0.3 is 4.74 Å². The molecule has 3 nitrogen and oxygen atoms in total. The topological polar surface area (TPSA) is 27.7 Å². The Morgan fingerprint density at radius 2 is 1.70 bits per heavy atom. The van der Waals surface area contributed by atoms with Gasteiger partial charge in [-0.2, -0.15) is 0 Å². The molecule has 1 atom stereocenters. The van der Waals surface area contributed by atoms with Crippen LogP contribution in [0.5, 0.6) is 0 Å². The third-order valence-corrected chi connectivity index (χ3v) is 5.68. The van der Waals surface area contributed by atoms with E-state index in [4.69, 9.17) is 14.5 Å². The van der Waals surface area contributed by atoms with E-state index in [-0.39, 0.29) is 6.10 Å². The summed E-state index contributed by atoms with van der Waals surface area (Å²) in [6.45, 7) is 4.74. The van der Waals surface area contributed by atoms with Crippen LogP contribution in [0.1, 0.15) is 68.4 Å². The van der Waals surface area contributed by atoms with Crippen LogP contribution in [-0.2, 0) is 14.5 Å². The molecule has 2 aliphatic carbocycles. The van der Waals surface area contributed by atoms with E-state index in [0.29, 0.717) is 6.61 Å². The van der Waals surface area contributed by atoms with Gasteiger partial charge in [-0.1, -0.05) is 43.7 Å². The first-order valence-corrected chi connectivity index (χ1v) is 9.03. The summed E-state index contributed by atoms with van der Waals surface area (Å²) in [7, 11) is 0. The second-order valence-electron chi connectivity index (χ2n) is 7.23. The second-order valence-corrected chi connectivity index (χ2v) is 7.23. The smallest absolute Gasteiger partial charge is 0.201 e. The zero-order valence-electron chi connectivity index (χ0n) is 13.8. The lowest BCUT2D eigenvalue weighted by Crippen LogP contribution is -2.43. The van der Waals surface area contributed by atoms with Gasteiger partial charge in [-0.3, -0.25) is 0 Å². The van der Waals surface area contributed by atoms with Crippen LogP contribution in [0.15, 0.2) is 30.8 Å². The molecule has 1 aromatic rings. The summed E-state index contributed by atoms with van der Waals surface area (Å²) >= 11 is 0. The minimum atomic E-state index is -0.483. The van der Waals surface area contributed by atoms with Gasteiger partial charge in [-0.15, -0.1) is 0 Å². The summed E-state index contributed by atoms with van der Waals surface area (Å²) in [6.07, 6.45) is 9.35. The average Bonchev–Trinajstić information content (AvgIpc) is 3.28. The SMILES string of the molecule is C=C(c1ccc(C2CCCC2)cc1)C1COC2(CCCC2)OO1. The van der Waals surface area contributed by atoms with E-state index in [1.54, 1.807) is 0 Å². The van der Waals surface area contributed by atoms with Gasteiger partial charge in [-0.25, -0.2) is 9.78 Å². The van der Waals surface area contributed by atoms with Crippen molar-refractivity contribution in [2.45, 2.75) is 69.2 Å². The van der Waals surface area contributed by atoms with E-state index >= 15 is 0 Å². The zero-order chi connectivity index (χ0) is 15.7. The van der Waals surface area contributed by atoms with Crippen LogP contribution in [0.4, 0.5) is 0 Å². The Kier molecular flexibility index (Phi) is 4.27. The van der Waals surface area contributed by atoms with Crippen molar-refractivity contribution >= 4 is 5.57 Å². The van der Waals surface area contributed by atoms with E-state index in [0.717, 1.165) is 42.7 Å². The van der Waals surface area contributed by atoms with E-state index in [9.17, 15) is 0 Å². The normalized spacial score (nSPS) is 27.6. The van der Waals surface area contributed by atoms with Gasteiger partial charge in [0.2, 0.25) is 5.79 Å². The largest absolute Gasteiger partial charge is 0.344 e.